The van der Waals surface area contributed by atoms with Gasteiger partial charge in [0.2, 0.25) is 0 Å². The Hall–Kier alpha value is -1.75. The third-order valence-corrected chi connectivity index (χ3v) is 2.63. The second-order valence-corrected chi connectivity index (χ2v) is 4.18. The molecule has 2 amide bonds. The van der Waals surface area contributed by atoms with Gasteiger partial charge in [0, 0.05) is 19.0 Å². The van der Waals surface area contributed by atoms with Crippen LogP contribution in [0.25, 0.3) is 0 Å². The first-order valence-electron chi connectivity index (χ1n) is 5.92. The number of hydrogen-bond donors (Lipinski definition) is 2. The molecule has 104 valence electrons. The molecule has 0 heterocycles. The minimum Gasteiger partial charge on any atom is -0.497 e. The molecule has 5 nitrogen and oxygen atoms in total. The average molecular weight is 285 g/mol. The summed E-state index contributed by atoms with van der Waals surface area (Å²) in [5.74, 6) is -0.229. The lowest BCUT2D eigenvalue weighted by atomic mass is 10.1. The van der Waals surface area contributed by atoms with E-state index in [0.717, 1.165) is 11.3 Å². The fraction of sp³-hybridized carbons (Fsp3) is 0.385. The molecule has 1 aromatic rings. The van der Waals surface area contributed by atoms with Gasteiger partial charge in [0.25, 0.3) is 0 Å². The van der Waals surface area contributed by atoms with Crippen LogP contribution in [0.5, 0.6) is 5.75 Å². The van der Waals surface area contributed by atoms with Crippen molar-refractivity contribution in [1.82, 2.24) is 10.6 Å². The minimum absolute atomic E-state index is 0.283. The molecule has 0 spiro atoms. The van der Waals surface area contributed by atoms with Gasteiger partial charge in [0.15, 0.2) is 0 Å². The molecule has 19 heavy (non-hydrogen) atoms. The molecule has 0 radical (unpaired) electrons. The number of nitrogens with one attached hydrogen (secondary N) is 2. The molecule has 1 rings (SSSR count). The third-order valence-electron chi connectivity index (χ3n) is 2.44. The fourth-order valence-electron chi connectivity index (χ4n) is 1.43. The Morgan fingerprint density at radius 3 is 2.21 bits per heavy atom. The number of alkyl halides is 1. The van der Waals surface area contributed by atoms with Gasteiger partial charge in [-0.3, -0.25) is 9.59 Å². The van der Waals surface area contributed by atoms with Crippen molar-refractivity contribution in [2.45, 2.75) is 6.42 Å². The Balaban J connectivity index is 2.29. The van der Waals surface area contributed by atoms with E-state index >= 15 is 0 Å². The summed E-state index contributed by atoms with van der Waals surface area (Å²) in [6, 6.07) is 7.53. The van der Waals surface area contributed by atoms with Gasteiger partial charge in [-0.05, 0) is 24.1 Å². The summed E-state index contributed by atoms with van der Waals surface area (Å²) in [5.41, 5.74) is 1.06. The Kier molecular flexibility index (Phi) is 6.74. The van der Waals surface area contributed by atoms with Crippen LogP contribution in [0.2, 0.25) is 0 Å². The van der Waals surface area contributed by atoms with Crippen LogP contribution in [0, 0.1) is 0 Å². The van der Waals surface area contributed by atoms with Gasteiger partial charge in [0.05, 0.1) is 7.11 Å². The van der Waals surface area contributed by atoms with Gasteiger partial charge >= 0.3 is 11.8 Å². The molecular weight excluding hydrogens is 268 g/mol. The van der Waals surface area contributed by atoms with Crippen LogP contribution < -0.4 is 15.4 Å². The molecule has 0 saturated heterocycles. The van der Waals surface area contributed by atoms with Gasteiger partial charge in [-0.25, -0.2) is 0 Å². The zero-order valence-electron chi connectivity index (χ0n) is 10.7. The highest BCUT2D eigenvalue weighted by Gasteiger charge is 2.11. The quantitative estimate of drug-likeness (QED) is 0.597. The Bertz CT molecular complexity index is 420. The van der Waals surface area contributed by atoms with E-state index in [1.807, 2.05) is 24.3 Å². The summed E-state index contributed by atoms with van der Waals surface area (Å²) in [4.78, 5) is 22.6. The summed E-state index contributed by atoms with van der Waals surface area (Å²) < 4.78 is 5.05. The number of benzene rings is 1. The number of hydrogen-bond acceptors (Lipinski definition) is 3. The molecule has 0 aromatic heterocycles. The largest absolute Gasteiger partial charge is 0.497 e. The third kappa shape index (κ3) is 5.61. The Labute approximate surface area is 117 Å². The van der Waals surface area contributed by atoms with Crippen molar-refractivity contribution in [3.05, 3.63) is 29.8 Å². The van der Waals surface area contributed by atoms with Crippen LogP contribution in [0.3, 0.4) is 0 Å². The highest BCUT2D eigenvalue weighted by atomic mass is 35.5. The van der Waals surface area contributed by atoms with E-state index in [2.05, 4.69) is 10.6 Å². The molecule has 0 atom stereocenters. The summed E-state index contributed by atoms with van der Waals surface area (Å²) in [7, 11) is 1.61. The van der Waals surface area contributed by atoms with Crippen molar-refractivity contribution in [3.63, 3.8) is 0 Å². The van der Waals surface area contributed by atoms with Crippen LogP contribution in [0.15, 0.2) is 24.3 Å². The van der Waals surface area contributed by atoms with Crippen molar-refractivity contribution >= 4 is 23.4 Å². The molecular formula is C13H17ClN2O3. The Morgan fingerprint density at radius 2 is 1.68 bits per heavy atom. The van der Waals surface area contributed by atoms with Gasteiger partial charge in [-0.1, -0.05) is 12.1 Å². The molecule has 0 unspecified atom stereocenters. The lowest BCUT2D eigenvalue weighted by molar-refractivity contribution is -0.139. The molecule has 0 bridgehead atoms. The maximum Gasteiger partial charge on any atom is 0.309 e. The standard InChI is InChI=1S/C13H17ClN2O3/c1-19-11-4-2-10(3-5-11)6-8-15-12(17)13(18)16-9-7-14/h2-5H,6-9H2,1H3,(H,15,17)(H,16,18). The number of ether oxygens (including phenoxy) is 1. The monoisotopic (exact) mass is 284 g/mol. The second kappa shape index (κ2) is 8.37. The van der Waals surface area contributed by atoms with E-state index in [4.69, 9.17) is 16.3 Å². The molecule has 0 saturated carbocycles. The number of carbonyl (C=O) groups excluding carboxylic acids is 2. The SMILES string of the molecule is COc1ccc(CCNC(=O)C(=O)NCCCl)cc1. The zero-order chi connectivity index (χ0) is 14.1. The van der Waals surface area contributed by atoms with E-state index in [-0.39, 0.29) is 12.4 Å². The number of methoxy groups -OCH3 is 1. The van der Waals surface area contributed by atoms with Gasteiger partial charge in [-0.2, -0.15) is 0 Å². The van der Waals surface area contributed by atoms with E-state index in [0.29, 0.717) is 13.0 Å². The number of carbonyl (C=O) groups is 2. The maximum absolute atomic E-state index is 11.4. The second-order valence-electron chi connectivity index (χ2n) is 3.80. The first-order chi connectivity index (χ1) is 9.17. The van der Waals surface area contributed by atoms with Crippen molar-refractivity contribution < 1.29 is 14.3 Å². The highest BCUT2D eigenvalue weighted by molar-refractivity contribution is 6.35. The molecule has 0 fully saturated rings. The number of halogens is 1. The van der Waals surface area contributed by atoms with E-state index in [1.165, 1.54) is 0 Å². The fourth-order valence-corrected chi connectivity index (χ4v) is 1.53. The van der Waals surface area contributed by atoms with E-state index < -0.39 is 11.8 Å². The lowest BCUT2D eigenvalue weighted by Gasteiger charge is -2.06. The van der Waals surface area contributed by atoms with Crippen LogP contribution in [0.1, 0.15) is 5.56 Å². The number of rotatable bonds is 6. The molecule has 1 aromatic carbocycles. The average Bonchev–Trinajstić information content (AvgIpc) is 2.45. The Morgan fingerprint density at radius 1 is 1.11 bits per heavy atom. The van der Waals surface area contributed by atoms with Crippen molar-refractivity contribution in [3.8, 4) is 5.75 Å². The van der Waals surface area contributed by atoms with Crippen LogP contribution in [0.4, 0.5) is 0 Å². The highest BCUT2D eigenvalue weighted by Crippen LogP contribution is 2.11. The first-order valence-corrected chi connectivity index (χ1v) is 6.45. The lowest BCUT2D eigenvalue weighted by Crippen LogP contribution is -2.41. The molecule has 0 aliphatic carbocycles. The smallest absolute Gasteiger partial charge is 0.309 e. The predicted octanol–water partition coefficient (Wildman–Crippen LogP) is 0.709. The van der Waals surface area contributed by atoms with Crippen LogP contribution in [-0.2, 0) is 16.0 Å². The maximum atomic E-state index is 11.4. The minimum atomic E-state index is -0.657. The molecule has 0 aliphatic rings. The summed E-state index contributed by atoms with van der Waals surface area (Å²) in [6.07, 6.45) is 0.651. The summed E-state index contributed by atoms with van der Waals surface area (Å²) >= 11 is 5.40. The van der Waals surface area contributed by atoms with E-state index in [1.54, 1.807) is 7.11 Å². The van der Waals surface area contributed by atoms with Crippen molar-refractivity contribution in [2.24, 2.45) is 0 Å². The van der Waals surface area contributed by atoms with Crippen molar-refractivity contribution in [2.75, 3.05) is 26.1 Å². The van der Waals surface area contributed by atoms with E-state index in [9.17, 15) is 9.59 Å². The summed E-state index contributed by atoms with van der Waals surface area (Å²) in [5, 5.41) is 4.94. The van der Waals surface area contributed by atoms with Gasteiger partial charge in [0.1, 0.15) is 5.75 Å². The molecule has 6 heteroatoms. The predicted molar refractivity (Wildman–Crippen MR) is 73.4 cm³/mol. The normalized spacial score (nSPS) is 9.79. The van der Waals surface area contributed by atoms with Crippen molar-refractivity contribution in [1.29, 1.82) is 0 Å². The first kappa shape index (κ1) is 15.3. The number of amides is 2. The molecule has 0 aliphatic heterocycles. The van der Waals surface area contributed by atoms with Crippen LogP contribution >= 0.6 is 11.6 Å². The topological polar surface area (TPSA) is 67.4 Å². The molecule has 2 N–H and O–H groups in total. The zero-order valence-corrected chi connectivity index (χ0v) is 11.5. The van der Waals surface area contributed by atoms with Gasteiger partial charge in [-0.15, -0.1) is 11.6 Å². The van der Waals surface area contributed by atoms with Crippen LogP contribution in [-0.4, -0.2) is 37.9 Å². The summed E-state index contributed by atoms with van der Waals surface area (Å²) in [6.45, 7) is 0.686. The van der Waals surface area contributed by atoms with Gasteiger partial charge < -0.3 is 15.4 Å².